The first kappa shape index (κ1) is 13.8. The van der Waals surface area contributed by atoms with Crippen LogP contribution in [0.25, 0.3) is 0 Å². The number of amides is 1. The average molecular weight is 256 g/mol. The van der Waals surface area contributed by atoms with Crippen LogP contribution in [-0.4, -0.2) is 42.4 Å². The summed E-state index contributed by atoms with van der Waals surface area (Å²) >= 11 is 0. The molecule has 0 spiro atoms. The second kappa shape index (κ2) is 5.99. The molecule has 1 aliphatic carbocycles. The average Bonchev–Trinajstić information content (AvgIpc) is 2.40. The number of nitrogens with one attached hydrogen (secondary N) is 1. The van der Waals surface area contributed by atoms with Gasteiger partial charge in [-0.05, 0) is 32.1 Å². The molecule has 104 valence electrons. The summed E-state index contributed by atoms with van der Waals surface area (Å²) < 4.78 is 5.29. The Morgan fingerprint density at radius 2 is 2.11 bits per heavy atom. The Morgan fingerprint density at radius 1 is 1.39 bits per heavy atom. The lowest BCUT2D eigenvalue weighted by molar-refractivity contribution is -0.130. The van der Waals surface area contributed by atoms with Crippen LogP contribution in [0.2, 0.25) is 0 Å². The minimum Gasteiger partial charge on any atom is -0.394 e. The second-order valence-electron chi connectivity index (χ2n) is 5.66. The van der Waals surface area contributed by atoms with Crippen molar-refractivity contribution in [3.8, 4) is 0 Å². The second-order valence-corrected chi connectivity index (χ2v) is 5.66. The first-order valence-corrected chi connectivity index (χ1v) is 6.91. The number of carbonyl (C=O) groups is 1. The summed E-state index contributed by atoms with van der Waals surface area (Å²) in [6.45, 7) is 1.19. The molecule has 2 atom stereocenters. The standard InChI is InChI=1S/C13H24N2O3/c14-11-3-1-2-10(8-11)12(17)15-13(9-16)4-6-18-7-5-13/h10-11,16H,1-9,14H2,(H,15,17). The number of carbonyl (C=O) groups excluding carboxylic acids is 1. The molecule has 5 nitrogen and oxygen atoms in total. The summed E-state index contributed by atoms with van der Waals surface area (Å²) in [5.41, 5.74) is 5.44. The molecule has 0 aromatic rings. The molecule has 1 amide bonds. The van der Waals surface area contributed by atoms with Crippen molar-refractivity contribution in [2.24, 2.45) is 11.7 Å². The number of aliphatic hydroxyl groups excluding tert-OH is 1. The molecule has 2 unspecified atom stereocenters. The molecule has 0 aromatic carbocycles. The van der Waals surface area contributed by atoms with Crippen LogP contribution in [0, 0.1) is 5.92 Å². The van der Waals surface area contributed by atoms with Gasteiger partial charge in [-0.15, -0.1) is 0 Å². The van der Waals surface area contributed by atoms with Gasteiger partial charge >= 0.3 is 0 Å². The van der Waals surface area contributed by atoms with Crippen molar-refractivity contribution in [1.29, 1.82) is 0 Å². The number of aliphatic hydroxyl groups is 1. The molecule has 1 heterocycles. The summed E-state index contributed by atoms with van der Waals surface area (Å²) in [6.07, 6.45) is 5.10. The van der Waals surface area contributed by atoms with Gasteiger partial charge in [0.15, 0.2) is 0 Å². The molecule has 1 aliphatic heterocycles. The van der Waals surface area contributed by atoms with Gasteiger partial charge in [-0.25, -0.2) is 0 Å². The number of ether oxygens (including phenoxy) is 1. The van der Waals surface area contributed by atoms with Gasteiger partial charge < -0.3 is 20.9 Å². The Bertz CT molecular complexity index is 290. The fourth-order valence-electron chi connectivity index (χ4n) is 2.91. The van der Waals surface area contributed by atoms with Crippen LogP contribution < -0.4 is 11.1 Å². The first-order chi connectivity index (χ1) is 8.65. The topological polar surface area (TPSA) is 84.6 Å². The molecule has 1 saturated carbocycles. The van der Waals surface area contributed by atoms with Gasteiger partial charge in [-0.3, -0.25) is 4.79 Å². The van der Waals surface area contributed by atoms with E-state index in [2.05, 4.69) is 5.32 Å². The number of rotatable bonds is 3. The van der Waals surface area contributed by atoms with Crippen LogP contribution in [0.5, 0.6) is 0 Å². The minimum absolute atomic E-state index is 0.0130. The normalized spacial score (nSPS) is 31.9. The van der Waals surface area contributed by atoms with Gasteiger partial charge in [-0.2, -0.15) is 0 Å². The van der Waals surface area contributed by atoms with Crippen molar-refractivity contribution in [3.63, 3.8) is 0 Å². The van der Waals surface area contributed by atoms with Crippen LogP contribution in [0.1, 0.15) is 38.5 Å². The van der Waals surface area contributed by atoms with Gasteiger partial charge in [0.05, 0.1) is 12.1 Å². The van der Waals surface area contributed by atoms with Gasteiger partial charge in [-0.1, -0.05) is 6.42 Å². The predicted molar refractivity (Wildman–Crippen MR) is 67.9 cm³/mol. The Kier molecular flexibility index (Phi) is 4.59. The van der Waals surface area contributed by atoms with Gasteiger partial charge in [0.2, 0.25) is 5.91 Å². The van der Waals surface area contributed by atoms with Crippen LogP contribution in [-0.2, 0) is 9.53 Å². The number of hydrogen-bond acceptors (Lipinski definition) is 4. The summed E-state index contributed by atoms with van der Waals surface area (Å²) in [4.78, 5) is 12.3. The molecule has 1 saturated heterocycles. The molecular weight excluding hydrogens is 232 g/mol. The highest BCUT2D eigenvalue weighted by atomic mass is 16.5. The van der Waals surface area contributed by atoms with Crippen molar-refractivity contribution in [1.82, 2.24) is 5.32 Å². The van der Waals surface area contributed by atoms with Crippen LogP contribution in [0.15, 0.2) is 0 Å². The highest BCUT2D eigenvalue weighted by Crippen LogP contribution is 2.26. The van der Waals surface area contributed by atoms with E-state index in [-0.39, 0.29) is 24.5 Å². The Hall–Kier alpha value is -0.650. The van der Waals surface area contributed by atoms with E-state index >= 15 is 0 Å². The molecular formula is C13H24N2O3. The van der Waals surface area contributed by atoms with Gasteiger partial charge in [0.1, 0.15) is 0 Å². The van der Waals surface area contributed by atoms with E-state index in [0.717, 1.165) is 25.7 Å². The summed E-state index contributed by atoms with van der Waals surface area (Å²) in [6, 6.07) is 0.147. The molecule has 2 aliphatic rings. The lowest BCUT2D eigenvalue weighted by Crippen LogP contribution is -2.56. The van der Waals surface area contributed by atoms with Crippen molar-refractivity contribution < 1.29 is 14.6 Å². The Morgan fingerprint density at radius 3 is 2.72 bits per heavy atom. The van der Waals surface area contributed by atoms with Crippen molar-refractivity contribution in [2.45, 2.75) is 50.1 Å². The monoisotopic (exact) mass is 256 g/mol. The highest BCUT2D eigenvalue weighted by molar-refractivity contribution is 5.79. The molecule has 4 N–H and O–H groups in total. The zero-order valence-electron chi connectivity index (χ0n) is 10.9. The lowest BCUT2D eigenvalue weighted by Gasteiger charge is -2.38. The zero-order chi connectivity index (χ0) is 13.0. The lowest BCUT2D eigenvalue weighted by atomic mass is 9.84. The predicted octanol–water partition coefficient (Wildman–Crippen LogP) is 0.162. The van der Waals surface area contributed by atoms with E-state index in [1.807, 2.05) is 0 Å². The maximum Gasteiger partial charge on any atom is 0.223 e. The van der Waals surface area contributed by atoms with Crippen molar-refractivity contribution in [2.75, 3.05) is 19.8 Å². The van der Waals surface area contributed by atoms with Gasteiger partial charge in [0.25, 0.3) is 0 Å². The smallest absolute Gasteiger partial charge is 0.223 e. The molecule has 0 bridgehead atoms. The Balaban J connectivity index is 1.92. The molecule has 18 heavy (non-hydrogen) atoms. The SMILES string of the molecule is NC1CCCC(C(=O)NC2(CO)CCOCC2)C1. The molecule has 2 fully saturated rings. The van der Waals surface area contributed by atoms with Crippen LogP contribution >= 0.6 is 0 Å². The third kappa shape index (κ3) is 3.22. The third-order valence-electron chi connectivity index (χ3n) is 4.23. The number of hydrogen-bond donors (Lipinski definition) is 3. The largest absolute Gasteiger partial charge is 0.394 e. The van der Waals surface area contributed by atoms with Crippen molar-refractivity contribution >= 4 is 5.91 Å². The quantitative estimate of drug-likeness (QED) is 0.671. The van der Waals surface area contributed by atoms with E-state index in [1.165, 1.54) is 0 Å². The minimum atomic E-state index is -0.475. The van der Waals surface area contributed by atoms with E-state index in [4.69, 9.17) is 10.5 Å². The van der Waals surface area contributed by atoms with E-state index < -0.39 is 5.54 Å². The van der Waals surface area contributed by atoms with Crippen LogP contribution in [0.3, 0.4) is 0 Å². The van der Waals surface area contributed by atoms with Crippen molar-refractivity contribution in [3.05, 3.63) is 0 Å². The molecule has 0 aromatic heterocycles. The highest BCUT2D eigenvalue weighted by Gasteiger charge is 2.36. The molecule has 0 radical (unpaired) electrons. The zero-order valence-corrected chi connectivity index (χ0v) is 10.9. The summed E-state index contributed by atoms with van der Waals surface area (Å²) in [5, 5.41) is 12.6. The number of nitrogens with two attached hydrogens (primary N) is 1. The maximum absolute atomic E-state index is 12.3. The fourth-order valence-corrected chi connectivity index (χ4v) is 2.91. The summed E-state index contributed by atoms with van der Waals surface area (Å²) in [7, 11) is 0. The fraction of sp³-hybridized carbons (Fsp3) is 0.923. The van der Waals surface area contributed by atoms with Crippen LogP contribution in [0.4, 0.5) is 0 Å². The molecule has 2 rings (SSSR count). The van der Waals surface area contributed by atoms with Gasteiger partial charge in [0, 0.05) is 25.2 Å². The third-order valence-corrected chi connectivity index (χ3v) is 4.23. The van der Waals surface area contributed by atoms with E-state index in [0.29, 0.717) is 26.1 Å². The van der Waals surface area contributed by atoms with E-state index in [1.54, 1.807) is 0 Å². The summed E-state index contributed by atoms with van der Waals surface area (Å²) in [5.74, 6) is 0.0705. The maximum atomic E-state index is 12.3. The first-order valence-electron chi connectivity index (χ1n) is 6.91. The van der Waals surface area contributed by atoms with E-state index in [9.17, 15) is 9.90 Å². The molecule has 5 heteroatoms. The Labute approximate surface area is 108 Å².